The van der Waals surface area contributed by atoms with Gasteiger partial charge in [-0.25, -0.2) is 0 Å². The van der Waals surface area contributed by atoms with Gasteiger partial charge < -0.3 is 5.73 Å². The van der Waals surface area contributed by atoms with Crippen LogP contribution in [-0.2, 0) is 6.42 Å². The van der Waals surface area contributed by atoms with E-state index in [-0.39, 0.29) is 11.9 Å². The van der Waals surface area contributed by atoms with Gasteiger partial charge in [0, 0.05) is 18.2 Å². The van der Waals surface area contributed by atoms with E-state index in [2.05, 4.69) is 25.5 Å². The van der Waals surface area contributed by atoms with Gasteiger partial charge in [0.25, 0.3) is 5.91 Å². The van der Waals surface area contributed by atoms with Crippen LogP contribution in [0.5, 0.6) is 0 Å². The molecule has 0 saturated heterocycles. The predicted octanol–water partition coefficient (Wildman–Crippen LogP) is 1.62. The predicted molar refractivity (Wildman–Crippen MR) is 86.8 cm³/mol. The van der Waals surface area contributed by atoms with E-state index in [9.17, 15) is 4.79 Å². The number of aromatic amines is 1. The van der Waals surface area contributed by atoms with Gasteiger partial charge in [0.15, 0.2) is 0 Å². The summed E-state index contributed by atoms with van der Waals surface area (Å²) in [6, 6.07) is 13.3. The Balaban J connectivity index is 1.70. The highest BCUT2D eigenvalue weighted by Gasteiger charge is 2.10. The maximum absolute atomic E-state index is 12.2. The molecule has 3 rings (SSSR count). The minimum absolute atomic E-state index is 0.227. The van der Waals surface area contributed by atoms with Crippen molar-refractivity contribution in [1.29, 1.82) is 0 Å². The third-order valence-corrected chi connectivity index (χ3v) is 3.23. The Labute approximate surface area is 133 Å². The standard InChI is InChI=1S/C16H16N6O/c17-9-8-14-19-16(22-21-14)20-15(23)12-6-7-13(18-10-12)11-4-2-1-3-5-11/h1-7,10H,8-9,17H2,(H2,19,20,21,22,23). The van der Waals surface area contributed by atoms with Gasteiger partial charge in [0.1, 0.15) is 5.82 Å². The summed E-state index contributed by atoms with van der Waals surface area (Å²) in [4.78, 5) is 20.6. The van der Waals surface area contributed by atoms with E-state index in [1.165, 1.54) is 6.20 Å². The van der Waals surface area contributed by atoms with E-state index in [0.29, 0.717) is 24.4 Å². The molecule has 1 aromatic carbocycles. The fraction of sp³-hybridized carbons (Fsp3) is 0.125. The molecular weight excluding hydrogens is 292 g/mol. The van der Waals surface area contributed by atoms with Gasteiger partial charge in [-0.05, 0) is 18.7 Å². The largest absolute Gasteiger partial charge is 0.330 e. The van der Waals surface area contributed by atoms with Crippen LogP contribution < -0.4 is 11.1 Å². The lowest BCUT2D eigenvalue weighted by Gasteiger charge is -2.03. The van der Waals surface area contributed by atoms with Crippen LogP contribution in [0.15, 0.2) is 48.7 Å². The molecule has 0 aliphatic carbocycles. The molecule has 0 radical (unpaired) electrons. The minimum Gasteiger partial charge on any atom is -0.330 e. The first-order valence-electron chi connectivity index (χ1n) is 7.20. The van der Waals surface area contributed by atoms with Crippen molar-refractivity contribution >= 4 is 11.9 Å². The Hall–Kier alpha value is -3.06. The molecule has 0 unspecified atom stereocenters. The molecule has 0 saturated carbocycles. The summed E-state index contributed by atoms with van der Waals surface area (Å²) in [5.41, 5.74) is 7.69. The third-order valence-electron chi connectivity index (χ3n) is 3.23. The minimum atomic E-state index is -0.310. The van der Waals surface area contributed by atoms with Crippen molar-refractivity contribution in [3.63, 3.8) is 0 Å². The molecule has 0 bridgehead atoms. The summed E-state index contributed by atoms with van der Waals surface area (Å²) in [7, 11) is 0. The van der Waals surface area contributed by atoms with Gasteiger partial charge in [-0.3, -0.25) is 20.2 Å². The fourth-order valence-corrected chi connectivity index (χ4v) is 2.08. The molecule has 7 heteroatoms. The monoisotopic (exact) mass is 308 g/mol. The quantitative estimate of drug-likeness (QED) is 0.663. The van der Waals surface area contributed by atoms with Gasteiger partial charge in [-0.1, -0.05) is 30.3 Å². The van der Waals surface area contributed by atoms with Crippen LogP contribution in [-0.4, -0.2) is 32.6 Å². The fourth-order valence-electron chi connectivity index (χ4n) is 2.08. The second-order valence-electron chi connectivity index (χ2n) is 4.90. The van der Waals surface area contributed by atoms with Gasteiger partial charge in [-0.15, -0.1) is 5.10 Å². The summed E-state index contributed by atoms with van der Waals surface area (Å²) < 4.78 is 0. The number of aromatic nitrogens is 4. The first-order chi connectivity index (χ1) is 11.3. The molecule has 3 aromatic rings. The molecule has 0 aliphatic heterocycles. The number of carbonyl (C=O) groups excluding carboxylic acids is 1. The lowest BCUT2D eigenvalue weighted by molar-refractivity contribution is 0.102. The van der Waals surface area contributed by atoms with E-state index in [1.807, 2.05) is 36.4 Å². The Bertz CT molecular complexity index is 782. The molecule has 0 spiro atoms. The maximum atomic E-state index is 12.2. The zero-order chi connectivity index (χ0) is 16.1. The molecular formula is C16H16N6O. The van der Waals surface area contributed by atoms with E-state index in [1.54, 1.807) is 6.07 Å². The van der Waals surface area contributed by atoms with Crippen molar-refractivity contribution in [3.05, 3.63) is 60.0 Å². The number of nitrogens with zero attached hydrogens (tertiary/aromatic N) is 3. The van der Waals surface area contributed by atoms with Crippen LogP contribution in [0.25, 0.3) is 11.3 Å². The van der Waals surface area contributed by atoms with Crippen LogP contribution in [0.1, 0.15) is 16.2 Å². The van der Waals surface area contributed by atoms with E-state index >= 15 is 0 Å². The third kappa shape index (κ3) is 3.58. The number of nitrogens with one attached hydrogen (secondary N) is 2. The number of carbonyl (C=O) groups is 1. The van der Waals surface area contributed by atoms with Gasteiger partial charge in [0.2, 0.25) is 5.95 Å². The number of benzene rings is 1. The van der Waals surface area contributed by atoms with Gasteiger partial charge >= 0.3 is 0 Å². The second-order valence-corrected chi connectivity index (χ2v) is 4.90. The summed E-state index contributed by atoms with van der Waals surface area (Å²) in [5.74, 6) is 0.557. The van der Waals surface area contributed by atoms with Crippen molar-refractivity contribution in [2.45, 2.75) is 6.42 Å². The van der Waals surface area contributed by atoms with Gasteiger partial charge in [-0.2, -0.15) is 4.98 Å². The van der Waals surface area contributed by atoms with E-state index in [0.717, 1.165) is 11.3 Å². The highest BCUT2D eigenvalue weighted by atomic mass is 16.1. The highest BCUT2D eigenvalue weighted by molar-refractivity contribution is 6.03. The van der Waals surface area contributed by atoms with E-state index in [4.69, 9.17) is 5.73 Å². The number of hydrogen-bond acceptors (Lipinski definition) is 5. The molecule has 0 fully saturated rings. The Kier molecular flexibility index (Phi) is 4.39. The van der Waals surface area contributed by atoms with Crippen LogP contribution in [0.2, 0.25) is 0 Å². The number of nitrogens with two attached hydrogens (primary N) is 1. The van der Waals surface area contributed by atoms with Gasteiger partial charge in [0.05, 0.1) is 11.3 Å². The lowest BCUT2D eigenvalue weighted by Crippen LogP contribution is -2.13. The van der Waals surface area contributed by atoms with Crippen molar-refractivity contribution in [2.24, 2.45) is 5.73 Å². The Morgan fingerprint density at radius 3 is 2.70 bits per heavy atom. The van der Waals surface area contributed by atoms with Crippen molar-refractivity contribution in [2.75, 3.05) is 11.9 Å². The average molecular weight is 308 g/mol. The molecule has 0 aliphatic rings. The van der Waals surface area contributed by atoms with Crippen molar-refractivity contribution in [1.82, 2.24) is 20.2 Å². The number of anilines is 1. The molecule has 23 heavy (non-hydrogen) atoms. The van der Waals surface area contributed by atoms with E-state index < -0.39 is 0 Å². The van der Waals surface area contributed by atoms with Crippen LogP contribution in [0.3, 0.4) is 0 Å². The molecule has 7 nitrogen and oxygen atoms in total. The molecule has 116 valence electrons. The lowest BCUT2D eigenvalue weighted by atomic mass is 10.1. The number of pyridine rings is 1. The molecule has 0 atom stereocenters. The maximum Gasteiger partial charge on any atom is 0.259 e. The van der Waals surface area contributed by atoms with Crippen LogP contribution in [0, 0.1) is 0 Å². The van der Waals surface area contributed by atoms with Crippen LogP contribution >= 0.6 is 0 Å². The molecule has 2 aromatic heterocycles. The molecule has 2 heterocycles. The number of H-pyrrole nitrogens is 1. The first kappa shape index (κ1) is 14.9. The highest BCUT2D eigenvalue weighted by Crippen LogP contribution is 2.16. The number of rotatable bonds is 5. The number of hydrogen-bond donors (Lipinski definition) is 3. The normalized spacial score (nSPS) is 10.5. The molecule has 4 N–H and O–H groups in total. The summed E-state index contributed by atoms with van der Waals surface area (Å²) in [6.07, 6.45) is 2.11. The Morgan fingerprint density at radius 2 is 2.00 bits per heavy atom. The summed E-state index contributed by atoms with van der Waals surface area (Å²) in [6.45, 7) is 0.466. The number of amides is 1. The average Bonchev–Trinajstić information content (AvgIpc) is 3.03. The second kappa shape index (κ2) is 6.80. The smallest absolute Gasteiger partial charge is 0.259 e. The Morgan fingerprint density at radius 1 is 1.17 bits per heavy atom. The molecule has 1 amide bonds. The zero-order valence-electron chi connectivity index (χ0n) is 12.4. The van der Waals surface area contributed by atoms with Crippen molar-refractivity contribution < 1.29 is 4.79 Å². The van der Waals surface area contributed by atoms with Crippen molar-refractivity contribution in [3.8, 4) is 11.3 Å². The topological polar surface area (TPSA) is 110 Å². The zero-order valence-corrected chi connectivity index (χ0v) is 12.4. The van der Waals surface area contributed by atoms with Crippen LogP contribution in [0.4, 0.5) is 5.95 Å². The SMILES string of the molecule is NCCc1nc(NC(=O)c2ccc(-c3ccccc3)nc2)n[nH]1. The summed E-state index contributed by atoms with van der Waals surface area (Å²) in [5, 5.41) is 9.27. The first-order valence-corrected chi connectivity index (χ1v) is 7.20. The summed E-state index contributed by atoms with van der Waals surface area (Å²) >= 11 is 0.